The van der Waals surface area contributed by atoms with Crippen molar-refractivity contribution < 1.29 is 9.53 Å². The van der Waals surface area contributed by atoms with Crippen molar-refractivity contribution in [2.75, 3.05) is 7.11 Å². The van der Waals surface area contributed by atoms with E-state index in [2.05, 4.69) is 0 Å². The summed E-state index contributed by atoms with van der Waals surface area (Å²) in [7, 11) is 1.62. The lowest BCUT2D eigenvalue weighted by Crippen LogP contribution is -2.16. The third-order valence-corrected chi connectivity index (χ3v) is 1.95. The molecule has 11 heavy (non-hydrogen) atoms. The van der Waals surface area contributed by atoms with E-state index in [1.165, 1.54) is 5.57 Å². The van der Waals surface area contributed by atoms with Gasteiger partial charge in [0.25, 0.3) is 0 Å². The minimum absolute atomic E-state index is 0.0313. The van der Waals surface area contributed by atoms with Crippen LogP contribution in [0.2, 0.25) is 0 Å². The van der Waals surface area contributed by atoms with Crippen molar-refractivity contribution in [3.05, 3.63) is 17.2 Å². The van der Waals surface area contributed by atoms with Crippen molar-refractivity contribution >= 4 is 5.94 Å². The van der Waals surface area contributed by atoms with Crippen LogP contribution in [0.5, 0.6) is 0 Å². The van der Waals surface area contributed by atoms with Crippen molar-refractivity contribution in [3.8, 4) is 0 Å². The molecule has 1 unspecified atom stereocenters. The van der Waals surface area contributed by atoms with Gasteiger partial charge in [0.2, 0.25) is 0 Å². The molecule has 0 spiro atoms. The maximum atomic E-state index is 10.4. The lowest BCUT2D eigenvalue weighted by Gasteiger charge is -2.19. The van der Waals surface area contributed by atoms with E-state index < -0.39 is 0 Å². The minimum atomic E-state index is -0.0313. The second kappa shape index (κ2) is 3.51. The molecule has 0 radical (unpaired) electrons. The summed E-state index contributed by atoms with van der Waals surface area (Å²) in [5.74, 6) is 1.90. The summed E-state index contributed by atoms with van der Waals surface area (Å²) in [5, 5.41) is 0. The molecule has 1 aliphatic carbocycles. The van der Waals surface area contributed by atoms with Gasteiger partial charge in [0.05, 0.1) is 11.7 Å². The summed E-state index contributed by atoms with van der Waals surface area (Å²) < 4.78 is 5.10. The molecule has 0 bridgehead atoms. The molecule has 2 nitrogen and oxygen atoms in total. The van der Waals surface area contributed by atoms with Crippen LogP contribution in [-0.2, 0) is 9.53 Å². The molecule has 0 amide bonds. The Labute approximate surface area is 66.5 Å². The normalized spacial score (nSPS) is 24.4. The average molecular weight is 152 g/mol. The van der Waals surface area contributed by atoms with Gasteiger partial charge in [-0.15, -0.1) is 0 Å². The maximum absolute atomic E-state index is 10.4. The zero-order valence-electron chi connectivity index (χ0n) is 6.89. The number of methoxy groups -OCH3 is 1. The van der Waals surface area contributed by atoms with Gasteiger partial charge in [-0.1, -0.05) is 5.57 Å². The lowest BCUT2D eigenvalue weighted by atomic mass is 9.94. The quantitative estimate of drug-likeness (QED) is 0.532. The van der Waals surface area contributed by atoms with Gasteiger partial charge in [-0.2, -0.15) is 0 Å². The van der Waals surface area contributed by atoms with Crippen LogP contribution >= 0.6 is 0 Å². The summed E-state index contributed by atoms with van der Waals surface area (Å²) in [6, 6.07) is 0. The monoisotopic (exact) mass is 152 g/mol. The van der Waals surface area contributed by atoms with Crippen molar-refractivity contribution in [1.82, 2.24) is 0 Å². The third kappa shape index (κ3) is 1.79. The zero-order valence-corrected chi connectivity index (χ0v) is 6.89. The first-order chi connectivity index (χ1) is 5.27. The van der Waals surface area contributed by atoms with E-state index in [0.29, 0.717) is 5.57 Å². The van der Waals surface area contributed by atoms with Crippen LogP contribution in [0.1, 0.15) is 19.8 Å². The molecule has 0 saturated carbocycles. The Hall–Kier alpha value is -0.850. The van der Waals surface area contributed by atoms with E-state index in [1.54, 1.807) is 7.11 Å². The van der Waals surface area contributed by atoms with E-state index in [1.807, 2.05) is 18.9 Å². The third-order valence-electron chi connectivity index (χ3n) is 1.95. The fraction of sp³-hybridized carbons (Fsp3) is 0.556. The Bertz CT molecular complexity index is 222. The van der Waals surface area contributed by atoms with E-state index in [-0.39, 0.29) is 6.10 Å². The standard InChI is InChI=1S/C9H12O2/c1-7-3-4-9(11-2)8(5-7)6-10/h5,9H,3-4H2,1-2H3. The highest BCUT2D eigenvalue weighted by molar-refractivity contribution is 5.60. The van der Waals surface area contributed by atoms with Gasteiger partial charge in [0.1, 0.15) is 5.94 Å². The molecule has 60 valence electrons. The van der Waals surface area contributed by atoms with Crippen LogP contribution in [-0.4, -0.2) is 19.2 Å². The minimum Gasteiger partial charge on any atom is -0.376 e. The largest absolute Gasteiger partial charge is 0.376 e. The van der Waals surface area contributed by atoms with Gasteiger partial charge >= 0.3 is 0 Å². The molecule has 0 aromatic rings. The highest BCUT2D eigenvalue weighted by Gasteiger charge is 2.17. The predicted molar refractivity (Wildman–Crippen MR) is 43.0 cm³/mol. The van der Waals surface area contributed by atoms with Gasteiger partial charge in [0, 0.05) is 7.11 Å². The fourth-order valence-corrected chi connectivity index (χ4v) is 1.28. The number of carbonyl (C=O) groups excluding carboxylic acids is 1. The molecular weight excluding hydrogens is 140 g/mol. The van der Waals surface area contributed by atoms with Crippen LogP contribution < -0.4 is 0 Å². The topological polar surface area (TPSA) is 26.3 Å². The Morgan fingerprint density at radius 2 is 2.45 bits per heavy atom. The van der Waals surface area contributed by atoms with E-state index in [9.17, 15) is 4.79 Å². The van der Waals surface area contributed by atoms with Crippen molar-refractivity contribution in [1.29, 1.82) is 0 Å². The molecule has 1 aliphatic rings. The molecule has 0 saturated heterocycles. The van der Waals surface area contributed by atoms with E-state index >= 15 is 0 Å². The van der Waals surface area contributed by atoms with Gasteiger partial charge < -0.3 is 4.74 Å². The number of hydrogen-bond donors (Lipinski definition) is 0. The van der Waals surface area contributed by atoms with Crippen molar-refractivity contribution in [3.63, 3.8) is 0 Å². The van der Waals surface area contributed by atoms with E-state index in [0.717, 1.165) is 12.8 Å². The van der Waals surface area contributed by atoms with Gasteiger partial charge in [0.15, 0.2) is 0 Å². The highest BCUT2D eigenvalue weighted by Crippen LogP contribution is 2.22. The van der Waals surface area contributed by atoms with Crippen LogP contribution in [0.4, 0.5) is 0 Å². The molecule has 0 aromatic heterocycles. The molecule has 0 fully saturated rings. The fourth-order valence-electron chi connectivity index (χ4n) is 1.28. The van der Waals surface area contributed by atoms with Gasteiger partial charge in [-0.05, 0) is 25.8 Å². The Morgan fingerprint density at radius 1 is 1.73 bits per heavy atom. The number of rotatable bonds is 1. The van der Waals surface area contributed by atoms with Crippen molar-refractivity contribution in [2.24, 2.45) is 0 Å². The number of ether oxygens (including phenoxy) is 1. The van der Waals surface area contributed by atoms with Gasteiger partial charge in [-0.3, -0.25) is 0 Å². The van der Waals surface area contributed by atoms with Crippen LogP contribution in [0.3, 0.4) is 0 Å². The van der Waals surface area contributed by atoms with Crippen molar-refractivity contribution in [2.45, 2.75) is 25.9 Å². The molecule has 0 aromatic carbocycles. The predicted octanol–water partition coefficient (Wildman–Crippen LogP) is 1.50. The lowest BCUT2D eigenvalue weighted by molar-refractivity contribution is 0.125. The first-order valence-corrected chi connectivity index (χ1v) is 3.73. The van der Waals surface area contributed by atoms with E-state index in [4.69, 9.17) is 4.74 Å². The number of allylic oxidation sites excluding steroid dienone is 1. The molecule has 0 aliphatic heterocycles. The summed E-state index contributed by atoms with van der Waals surface area (Å²) in [6.45, 7) is 2.02. The smallest absolute Gasteiger partial charge is 0.130 e. The Balaban J connectivity index is 2.84. The van der Waals surface area contributed by atoms with Gasteiger partial charge in [-0.25, -0.2) is 4.79 Å². The second-order valence-corrected chi connectivity index (χ2v) is 2.81. The average Bonchev–Trinajstić information content (AvgIpc) is 2.04. The summed E-state index contributed by atoms with van der Waals surface area (Å²) in [4.78, 5) is 10.4. The molecule has 1 atom stereocenters. The SMILES string of the molecule is COC1CCC(C)=CC1=C=O. The first kappa shape index (κ1) is 8.25. The zero-order chi connectivity index (χ0) is 8.27. The Morgan fingerprint density at radius 3 is 3.00 bits per heavy atom. The molecule has 2 heteroatoms. The highest BCUT2D eigenvalue weighted by atomic mass is 16.5. The maximum Gasteiger partial charge on any atom is 0.130 e. The first-order valence-electron chi connectivity index (χ1n) is 3.73. The molecule has 0 N–H and O–H groups in total. The molecule has 0 heterocycles. The summed E-state index contributed by atoms with van der Waals surface area (Å²) in [6.07, 6.45) is 3.76. The second-order valence-electron chi connectivity index (χ2n) is 2.81. The van der Waals surface area contributed by atoms with Crippen LogP contribution in [0.15, 0.2) is 17.2 Å². The summed E-state index contributed by atoms with van der Waals surface area (Å²) >= 11 is 0. The number of hydrogen-bond acceptors (Lipinski definition) is 2. The van der Waals surface area contributed by atoms with Crippen LogP contribution in [0.25, 0.3) is 0 Å². The van der Waals surface area contributed by atoms with Crippen LogP contribution in [0, 0.1) is 0 Å². The molecular formula is C9H12O2. The molecule has 1 rings (SSSR count). The summed E-state index contributed by atoms with van der Waals surface area (Å²) in [5.41, 5.74) is 1.88. The Kier molecular flexibility index (Phi) is 2.64.